The summed E-state index contributed by atoms with van der Waals surface area (Å²) in [5.41, 5.74) is 3.26. The van der Waals surface area contributed by atoms with Gasteiger partial charge in [-0.25, -0.2) is 0 Å². The van der Waals surface area contributed by atoms with Crippen LogP contribution in [0.15, 0.2) is 54.6 Å². The number of rotatable bonds is 11. The second kappa shape index (κ2) is 11.1. The largest absolute Gasteiger partial charge is 0.395 e. The quantitative estimate of drug-likeness (QED) is 0.570. The summed E-state index contributed by atoms with van der Waals surface area (Å²) in [6.07, 6.45) is -0.958. The number of nitrogens with zero attached hydrogens (tertiary/aromatic N) is 1. The van der Waals surface area contributed by atoms with Crippen molar-refractivity contribution >= 4 is 0 Å². The third kappa shape index (κ3) is 6.52. The summed E-state index contributed by atoms with van der Waals surface area (Å²) in [5, 5.41) is 28.5. The van der Waals surface area contributed by atoms with Crippen molar-refractivity contribution in [1.82, 2.24) is 4.90 Å². The number of hydrogen-bond donors (Lipinski definition) is 3. The zero-order valence-electron chi connectivity index (χ0n) is 15.3. The molecule has 26 heavy (non-hydrogen) atoms. The van der Waals surface area contributed by atoms with Crippen LogP contribution in [0, 0.1) is 6.92 Å². The van der Waals surface area contributed by atoms with Crippen LogP contribution >= 0.6 is 0 Å². The molecule has 5 nitrogen and oxygen atoms in total. The molecule has 0 bridgehead atoms. The number of aliphatic hydroxyl groups is 3. The third-order valence-corrected chi connectivity index (χ3v) is 4.24. The first-order chi connectivity index (χ1) is 12.6. The molecular formula is C21H29NO4. The maximum atomic E-state index is 10.3. The molecule has 0 aromatic heterocycles. The van der Waals surface area contributed by atoms with Crippen molar-refractivity contribution in [3.05, 3.63) is 71.3 Å². The van der Waals surface area contributed by atoms with E-state index in [-0.39, 0.29) is 25.9 Å². The van der Waals surface area contributed by atoms with Gasteiger partial charge in [0.15, 0.2) is 0 Å². The molecule has 2 rings (SSSR count). The fourth-order valence-electron chi connectivity index (χ4n) is 2.89. The monoisotopic (exact) mass is 359 g/mol. The second-order valence-corrected chi connectivity index (χ2v) is 6.44. The predicted molar refractivity (Wildman–Crippen MR) is 102 cm³/mol. The van der Waals surface area contributed by atoms with E-state index in [1.807, 2.05) is 54.3 Å². The summed E-state index contributed by atoms with van der Waals surface area (Å²) >= 11 is 0. The van der Waals surface area contributed by atoms with Gasteiger partial charge < -0.3 is 20.1 Å². The van der Waals surface area contributed by atoms with E-state index in [2.05, 4.69) is 12.1 Å². The molecule has 2 atom stereocenters. The zero-order valence-corrected chi connectivity index (χ0v) is 15.3. The molecule has 0 spiro atoms. The lowest BCUT2D eigenvalue weighted by atomic mass is 10.0. The van der Waals surface area contributed by atoms with Crippen molar-refractivity contribution < 1.29 is 20.1 Å². The highest BCUT2D eigenvalue weighted by Gasteiger charge is 2.18. The van der Waals surface area contributed by atoms with Crippen molar-refractivity contribution in [3.8, 4) is 0 Å². The highest BCUT2D eigenvalue weighted by atomic mass is 16.5. The van der Waals surface area contributed by atoms with E-state index in [1.54, 1.807) is 0 Å². The smallest absolute Gasteiger partial charge is 0.108 e. The lowest BCUT2D eigenvalue weighted by Crippen LogP contribution is -2.38. The van der Waals surface area contributed by atoms with E-state index in [9.17, 15) is 5.11 Å². The van der Waals surface area contributed by atoms with Crippen LogP contribution in [-0.4, -0.2) is 65.8 Å². The lowest BCUT2D eigenvalue weighted by molar-refractivity contribution is -0.0117. The Bertz CT molecular complexity index is 612. The molecule has 0 fully saturated rings. The maximum Gasteiger partial charge on any atom is 0.108 e. The topological polar surface area (TPSA) is 73.2 Å². The van der Waals surface area contributed by atoms with Crippen LogP contribution in [0.1, 0.15) is 22.8 Å². The van der Waals surface area contributed by atoms with Crippen molar-refractivity contribution in [1.29, 1.82) is 0 Å². The van der Waals surface area contributed by atoms with Gasteiger partial charge in [0.05, 0.1) is 25.9 Å². The molecule has 142 valence electrons. The third-order valence-electron chi connectivity index (χ3n) is 4.24. The zero-order chi connectivity index (χ0) is 18.8. The average Bonchev–Trinajstić information content (AvgIpc) is 2.64. The molecular weight excluding hydrogens is 330 g/mol. The molecule has 0 radical (unpaired) electrons. The summed E-state index contributed by atoms with van der Waals surface area (Å²) < 4.78 is 6.07. The molecule has 0 aliphatic rings. The Morgan fingerprint density at radius 1 is 0.885 bits per heavy atom. The van der Waals surface area contributed by atoms with Gasteiger partial charge in [-0.2, -0.15) is 0 Å². The number of hydrogen-bond acceptors (Lipinski definition) is 5. The highest BCUT2D eigenvalue weighted by Crippen LogP contribution is 2.26. The first-order valence-corrected chi connectivity index (χ1v) is 8.99. The number of aryl methyl sites for hydroxylation is 1. The summed E-state index contributed by atoms with van der Waals surface area (Å²) in [4.78, 5) is 1.82. The molecule has 0 saturated carbocycles. The Balaban J connectivity index is 2.04. The summed E-state index contributed by atoms with van der Waals surface area (Å²) in [5.74, 6) is 0. The second-order valence-electron chi connectivity index (χ2n) is 6.44. The van der Waals surface area contributed by atoms with Crippen molar-refractivity contribution in [2.75, 3.05) is 39.5 Å². The molecule has 3 N–H and O–H groups in total. The van der Waals surface area contributed by atoms with E-state index < -0.39 is 6.10 Å². The fourth-order valence-corrected chi connectivity index (χ4v) is 2.89. The molecule has 2 aromatic carbocycles. The van der Waals surface area contributed by atoms with Gasteiger partial charge in [0.25, 0.3) is 0 Å². The van der Waals surface area contributed by atoms with Crippen LogP contribution in [0.2, 0.25) is 0 Å². The van der Waals surface area contributed by atoms with Gasteiger partial charge >= 0.3 is 0 Å². The summed E-state index contributed by atoms with van der Waals surface area (Å²) in [6.45, 7) is 3.36. The molecule has 0 heterocycles. The Hall–Kier alpha value is -1.76. The SMILES string of the molecule is Cc1ccc([C@@H](OC[C@@H](O)CN(CCO)CCO)c2ccccc2)cc1. The molecule has 0 saturated heterocycles. The van der Waals surface area contributed by atoms with Crippen LogP contribution in [0.5, 0.6) is 0 Å². The van der Waals surface area contributed by atoms with Gasteiger partial charge in [0.2, 0.25) is 0 Å². The van der Waals surface area contributed by atoms with E-state index in [4.69, 9.17) is 14.9 Å². The maximum absolute atomic E-state index is 10.3. The molecule has 0 aliphatic carbocycles. The van der Waals surface area contributed by atoms with Crippen molar-refractivity contribution in [2.24, 2.45) is 0 Å². The standard InChI is InChI=1S/C21H29NO4/c1-17-7-9-19(10-8-17)21(18-5-3-2-4-6-18)26-16-20(25)15-22(11-13-23)12-14-24/h2-10,20-21,23-25H,11-16H2,1H3/t20-,21-/m0/s1. The normalized spacial score (nSPS) is 13.7. The summed E-state index contributed by atoms with van der Waals surface area (Å²) in [7, 11) is 0. The van der Waals surface area contributed by atoms with Crippen LogP contribution in [0.4, 0.5) is 0 Å². The van der Waals surface area contributed by atoms with Gasteiger partial charge in [0.1, 0.15) is 6.10 Å². The minimum Gasteiger partial charge on any atom is -0.395 e. The van der Waals surface area contributed by atoms with Crippen molar-refractivity contribution in [3.63, 3.8) is 0 Å². The van der Waals surface area contributed by atoms with Crippen LogP contribution in [0.25, 0.3) is 0 Å². The number of aliphatic hydroxyl groups excluding tert-OH is 3. The minimum absolute atomic E-state index is 0.0103. The van der Waals surface area contributed by atoms with E-state index in [0.29, 0.717) is 19.6 Å². The highest BCUT2D eigenvalue weighted by molar-refractivity contribution is 5.31. The van der Waals surface area contributed by atoms with Gasteiger partial charge in [-0.3, -0.25) is 4.90 Å². The molecule has 2 aromatic rings. The van der Waals surface area contributed by atoms with Gasteiger partial charge in [-0.15, -0.1) is 0 Å². The summed E-state index contributed by atoms with van der Waals surface area (Å²) in [6, 6.07) is 18.1. The molecule has 0 aliphatic heterocycles. The van der Waals surface area contributed by atoms with Crippen molar-refractivity contribution in [2.45, 2.75) is 19.1 Å². The minimum atomic E-state index is -0.704. The molecule has 0 amide bonds. The Morgan fingerprint density at radius 3 is 2.04 bits per heavy atom. The Kier molecular flexibility index (Phi) is 8.74. The Morgan fingerprint density at radius 2 is 1.46 bits per heavy atom. The van der Waals surface area contributed by atoms with Crippen LogP contribution in [-0.2, 0) is 4.74 Å². The van der Waals surface area contributed by atoms with E-state index in [0.717, 1.165) is 11.1 Å². The van der Waals surface area contributed by atoms with E-state index in [1.165, 1.54) is 5.56 Å². The van der Waals surface area contributed by atoms with Gasteiger partial charge in [-0.05, 0) is 18.1 Å². The van der Waals surface area contributed by atoms with Crippen LogP contribution in [0.3, 0.4) is 0 Å². The molecule has 0 unspecified atom stereocenters. The van der Waals surface area contributed by atoms with Gasteiger partial charge in [0, 0.05) is 19.6 Å². The van der Waals surface area contributed by atoms with E-state index >= 15 is 0 Å². The average molecular weight is 359 g/mol. The first-order valence-electron chi connectivity index (χ1n) is 8.99. The van der Waals surface area contributed by atoms with Gasteiger partial charge in [-0.1, -0.05) is 60.2 Å². The number of benzene rings is 2. The Labute approximate surface area is 155 Å². The first kappa shape index (κ1) is 20.6. The lowest BCUT2D eigenvalue weighted by Gasteiger charge is -2.25. The molecule has 5 heteroatoms. The fraction of sp³-hybridized carbons (Fsp3) is 0.429. The number of ether oxygens (including phenoxy) is 1. The predicted octanol–water partition coefficient (Wildman–Crippen LogP) is 1.75. The van der Waals surface area contributed by atoms with Crippen LogP contribution < -0.4 is 0 Å².